The smallest absolute Gasteiger partial charge is 0.325 e. The minimum atomic E-state index is -0.719. The summed E-state index contributed by atoms with van der Waals surface area (Å²) in [5, 5.41) is 11.7. The van der Waals surface area contributed by atoms with Gasteiger partial charge >= 0.3 is 5.97 Å². The highest BCUT2D eigenvalue weighted by molar-refractivity contribution is 7.10. The highest BCUT2D eigenvalue weighted by atomic mass is 32.1. The Kier molecular flexibility index (Phi) is 4.10. The van der Waals surface area contributed by atoms with Crippen LogP contribution in [0.25, 0.3) is 0 Å². The molecule has 4 nitrogen and oxygen atoms in total. The summed E-state index contributed by atoms with van der Waals surface area (Å²) in [5.41, 5.74) is 1.01. The molecule has 0 amide bonds. The maximum atomic E-state index is 11.8. The lowest BCUT2D eigenvalue weighted by Crippen LogP contribution is -2.48. The molecule has 1 aliphatic heterocycles. The van der Waals surface area contributed by atoms with Crippen LogP contribution in [0.2, 0.25) is 0 Å². The molecule has 3 atom stereocenters. The number of carboxylic acids is 1. The molecule has 1 fully saturated rings. The predicted molar refractivity (Wildman–Crippen MR) is 78.2 cm³/mol. The van der Waals surface area contributed by atoms with E-state index in [9.17, 15) is 9.90 Å². The largest absolute Gasteiger partial charge is 0.480 e. The van der Waals surface area contributed by atoms with Crippen molar-refractivity contribution in [1.82, 2.24) is 4.90 Å². The van der Waals surface area contributed by atoms with Crippen molar-refractivity contribution in [1.29, 1.82) is 0 Å². The fraction of sp³-hybridized carbons (Fsp3) is 0.667. The van der Waals surface area contributed by atoms with E-state index < -0.39 is 12.0 Å². The number of hydrogen-bond donors (Lipinski definition) is 1. The van der Waals surface area contributed by atoms with E-state index in [1.54, 1.807) is 18.4 Å². The van der Waals surface area contributed by atoms with E-state index in [0.29, 0.717) is 6.04 Å². The van der Waals surface area contributed by atoms with Gasteiger partial charge < -0.3 is 9.84 Å². The number of carbonyl (C=O) groups is 1. The maximum absolute atomic E-state index is 11.8. The summed E-state index contributed by atoms with van der Waals surface area (Å²) in [6.45, 7) is 0.853. The maximum Gasteiger partial charge on any atom is 0.325 e. The fourth-order valence-corrected chi connectivity index (χ4v) is 4.54. The predicted octanol–water partition coefficient (Wildman–Crippen LogP) is 2.69. The zero-order valence-corrected chi connectivity index (χ0v) is 12.6. The Balaban J connectivity index is 1.84. The Bertz CT molecular complexity index is 487. The SMILES string of the molecule is COC1CCCC(N2CCc3sccc3C2C(=O)O)C1. The molecule has 0 spiro atoms. The van der Waals surface area contributed by atoms with Crippen LogP contribution < -0.4 is 0 Å². The molecule has 0 bridgehead atoms. The third-order valence-electron chi connectivity index (χ3n) is 4.64. The first-order valence-corrected chi connectivity index (χ1v) is 8.16. The van der Waals surface area contributed by atoms with Gasteiger partial charge in [-0.1, -0.05) is 0 Å². The third kappa shape index (κ3) is 2.50. The number of ether oxygens (including phenoxy) is 1. The van der Waals surface area contributed by atoms with Gasteiger partial charge in [0.25, 0.3) is 0 Å². The summed E-state index contributed by atoms with van der Waals surface area (Å²) in [4.78, 5) is 15.2. The molecule has 1 N–H and O–H groups in total. The van der Waals surface area contributed by atoms with Crippen LogP contribution >= 0.6 is 11.3 Å². The molecule has 3 unspecified atom stereocenters. The molecule has 5 heteroatoms. The Hall–Kier alpha value is -0.910. The van der Waals surface area contributed by atoms with Crippen molar-refractivity contribution < 1.29 is 14.6 Å². The first-order valence-electron chi connectivity index (χ1n) is 7.28. The van der Waals surface area contributed by atoms with E-state index >= 15 is 0 Å². The van der Waals surface area contributed by atoms with E-state index in [2.05, 4.69) is 4.90 Å². The summed E-state index contributed by atoms with van der Waals surface area (Å²) in [6.07, 6.45) is 5.53. The molecule has 0 aromatic carbocycles. The number of carboxylic acid groups (broad SMARTS) is 1. The Morgan fingerprint density at radius 1 is 1.50 bits per heavy atom. The van der Waals surface area contributed by atoms with E-state index in [-0.39, 0.29) is 6.10 Å². The molecule has 20 heavy (non-hydrogen) atoms. The molecule has 1 aliphatic carbocycles. The van der Waals surface area contributed by atoms with Gasteiger partial charge in [-0.15, -0.1) is 11.3 Å². The number of aliphatic carboxylic acids is 1. The molecule has 0 saturated heterocycles. The van der Waals surface area contributed by atoms with Crippen molar-refractivity contribution in [2.75, 3.05) is 13.7 Å². The first kappa shape index (κ1) is 14.0. The summed E-state index contributed by atoms with van der Waals surface area (Å²) in [7, 11) is 1.76. The molecule has 3 rings (SSSR count). The van der Waals surface area contributed by atoms with Crippen LogP contribution in [0.5, 0.6) is 0 Å². The number of hydrogen-bond acceptors (Lipinski definition) is 4. The second-order valence-corrected chi connectivity index (χ2v) is 6.71. The van der Waals surface area contributed by atoms with Crippen LogP contribution in [0.4, 0.5) is 0 Å². The quantitative estimate of drug-likeness (QED) is 0.931. The Labute approximate surface area is 123 Å². The summed E-state index contributed by atoms with van der Waals surface area (Å²) >= 11 is 1.69. The highest BCUT2D eigenvalue weighted by Crippen LogP contribution is 2.38. The van der Waals surface area contributed by atoms with Crippen molar-refractivity contribution in [2.24, 2.45) is 0 Å². The normalized spacial score (nSPS) is 30.9. The molecule has 2 heterocycles. The molecular weight excluding hydrogens is 274 g/mol. The Morgan fingerprint density at radius 3 is 3.10 bits per heavy atom. The molecule has 2 aliphatic rings. The Morgan fingerprint density at radius 2 is 2.35 bits per heavy atom. The van der Waals surface area contributed by atoms with Gasteiger partial charge in [0.05, 0.1) is 6.10 Å². The molecule has 110 valence electrons. The molecule has 1 saturated carbocycles. The van der Waals surface area contributed by atoms with Crippen molar-refractivity contribution in [2.45, 2.75) is 50.3 Å². The standard InChI is InChI=1S/C15H21NO3S/c1-19-11-4-2-3-10(9-11)16-7-5-13-12(6-8-20-13)14(16)15(17)18/h6,8,10-11,14H,2-5,7,9H2,1H3,(H,17,18). The fourth-order valence-electron chi connectivity index (χ4n) is 3.64. The monoisotopic (exact) mass is 295 g/mol. The first-order chi connectivity index (χ1) is 9.70. The van der Waals surface area contributed by atoms with Gasteiger partial charge in [-0.05, 0) is 49.1 Å². The zero-order valence-electron chi connectivity index (χ0n) is 11.7. The van der Waals surface area contributed by atoms with Crippen LogP contribution in [0.15, 0.2) is 11.4 Å². The van der Waals surface area contributed by atoms with Gasteiger partial charge in [0, 0.05) is 24.6 Å². The number of methoxy groups -OCH3 is 1. The lowest BCUT2D eigenvalue weighted by Gasteiger charge is -2.42. The minimum absolute atomic E-state index is 0.284. The molecule has 1 aromatic heterocycles. The minimum Gasteiger partial charge on any atom is -0.480 e. The van der Waals surface area contributed by atoms with Crippen LogP contribution in [-0.4, -0.2) is 41.8 Å². The van der Waals surface area contributed by atoms with Crippen molar-refractivity contribution in [3.05, 3.63) is 21.9 Å². The number of fused-ring (bicyclic) bond motifs is 1. The number of thiophene rings is 1. The van der Waals surface area contributed by atoms with Gasteiger partial charge in [0.2, 0.25) is 0 Å². The summed E-state index contributed by atoms with van der Waals surface area (Å²) in [6, 6.07) is 1.86. The van der Waals surface area contributed by atoms with Crippen LogP contribution in [0.1, 0.15) is 42.2 Å². The number of nitrogens with zero attached hydrogens (tertiary/aromatic N) is 1. The third-order valence-corrected chi connectivity index (χ3v) is 5.63. The van der Waals surface area contributed by atoms with Gasteiger partial charge in [-0.2, -0.15) is 0 Å². The molecule has 1 aromatic rings. The average molecular weight is 295 g/mol. The average Bonchev–Trinajstić information content (AvgIpc) is 2.94. The van der Waals surface area contributed by atoms with Crippen molar-refractivity contribution >= 4 is 17.3 Å². The van der Waals surface area contributed by atoms with E-state index in [0.717, 1.165) is 44.2 Å². The lowest BCUT2D eigenvalue weighted by molar-refractivity contribution is -0.146. The lowest BCUT2D eigenvalue weighted by atomic mass is 9.88. The van der Waals surface area contributed by atoms with Crippen LogP contribution in [0.3, 0.4) is 0 Å². The zero-order chi connectivity index (χ0) is 14.1. The van der Waals surface area contributed by atoms with Gasteiger partial charge in [0.15, 0.2) is 0 Å². The van der Waals surface area contributed by atoms with E-state index in [1.807, 2.05) is 11.4 Å². The topological polar surface area (TPSA) is 49.8 Å². The van der Waals surface area contributed by atoms with Gasteiger partial charge in [-0.3, -0.25) is 9.69 Å². The second-order valence-electron chi connectivity index (χ2n) is 5.71. The van der Waals surface area contributed by atoms with Gasteiger partial charge in [-0.25, -0.2) is 0 Å². The molecular formula is C15H21NO3S. The van der Waals surface area contributed by atoms with Crippen molar-refractivity contribution in [3.63, 3.8) is 0 Å². The van der Waals surface area contributed by atoms with Crippen LogP contribution in [-0.2, 0) is 16.0 Å². The van der Waals surface area contributed by atoms with Crippen LogP contribution in [0, 0.1) is 0 Å². The van der Waals surface area contributed by atoms with Crippen molar-refractivity contribution in [3.8, 4) is 0 Å². The second kappa shape index (κ2) is 5.84. The summed E-state index contributed by atoms with van der Waals surface area (Å²) in [5.74, 6) is -0.719. The van der Waals surface area contributed by atoms with E-state index in [4.69, 9.17) is 4.74 Å². The van der Waals surface area contributed by atoms with E-state index in [1.165, 1.54) is 4.88 Å². The number of rotatable bonds is 3. The summed E-state index contributed by atoms with van der Waals surface area (Å²) < 4.78 is 5.49. The molecule has 0 radical (unpaired) electrons. The van der Waals surface area contributed by atoms with Gasteiger partial charge in [0.1, 0.15) is 6.04 Å². The highest BCUT2D eigenvalue weighted by Gasteiger charge is 2.39.